The number of aliphatic hydroxyl groups is 1. The van der Waals surface area contributed by atoms with E-state index in [1.54, 1.807) is 6.08 Å². The molecule has 0 saturated heterocycles. The number of allylic oxidation sites excluding steroid dienone is 29. The summed E-state index contributed by atoms with van der Waals surface area (Å²) in [5.41, 5.74) is 0. The van der Waals surface area contributed by atoms with Crippen LogP contribution in [0.5, 0.6) is 0 Å². The van der Waals surface area contributed by atoms with Gasteiger partial charge in [-0.15, -0.1) is 0 Å². The minimum atomic E-state index is -4.39. The number of carbonyl (C=O) groups excluding carboxylic acids is 1. The fourth-order valence-electron chi connectivity index (χ4n) is 8.64. The maximum atomic E-state index is 13.0. The van der Waals surface area contributed by atoms with Crippen molar-refractivity contribution in [1.29, 1.82) is 0 Å². The van der Waals surface area contributed by atoms with E-state index < -0.39 is 20.0 Å². The van der Waals surface area contributed by atoms with Crippen LogP contribution >= 0.6 is 7.82 Å². The fourth-order valence-corrected chi connectivity index (χ4v) is 9.38. The van der Waals surface area contributed by atoms with Gasteiger partial charge in [0.05, 0.1) is 39.9 Å². The number of unbranched alkanes of at least 4 members (excludes halogenated alkanes) is 18. The Morgan fingerprint density at radius 1 is 0.412 bits per heavy atom. The molecule has 0 aliphatic carbocycles. The Morgan fingerprint density at radius 3 is 1.08 bits per heavy atom. The quantitative estimate of drug-likeness (QED) is 0.0243. The summed E-state index contributed by atoms with van der Waals surface area (Å²) in [5, 5.41) is 13.9. The van der Waals surface area contributed by atoms with E-state index in [4.69, 9.17) is 9.05 Å². The third-order valence-corrected chi connectivity index (χ3v) is 14.8. The summed E-state index contributed by atoms with van der Waals surface area (Å²) in [6, 6.07) is -0.909. The Morgan fingerprint density at radius 2 is 0.718 bits per heavy atom. The zero-order valence-corrected chi connectivity index (χ0v) is 55.7. The van der Waals surface area contributed by atoms with Gasteiger partial charge in [0.2, 0.25) is 5.91 Å². The number of phosphoric acid groups is 1. The number of amides is 1. The molecule has 3 atom stereocenters. The summed E-state index contributed by atoms with van der Waals surface area (Å²) in [5.74, 6) is -0.240. The Hall–Kier alpha value is -4.40. The van der Waals surface area contributed by atoms with Crippen molar-refractivity contribution >= 4 is 13.7 Å². The number of rotatable bonds is 59. The number of hydrogen-bond acceptors (Lipinski definition) is 5. The zero-order valence-electron chi connectivity index (χ0n) is 54.8. The Bertz CT molecular complexity index is 2040. The molecule has 1 amide bonds. The predicted molar refractivity (Wildman–Crippen MR) is 373 cm³/mol. The minimum absolute atomic E-state index is 0.0347. The molecule has 3 N–H and O–H groups in total. The number of aliphatic hydroxyl groups excluding tert-OH is 1. The van der Waals surface area contributed by atoms with Gasteiger partial charge in [0.1, 0.15) is 13.2 Å². The molecule has 9 heteroatoms. The van der Waals surface area contributed by atoms with Crippen LogP contribution in [-0.2, 0) is 18.4 Å². The zero-order chi connectivity index (χ0) is 61.9. The highest BCUT2D eigenvalue weighted by atomic mass is 31.2. The third kappa shape index (κ3) is 67.0. The molecule has 0 saturated carbocycles. The summed E-state index contributed by atoms with van der Waals surface area (Å²) in [7, 11) is 1.49. The van der Waals surface area contributed by atoms with Crippen LogP contribution in [0.15, 0.2) is 182 Å². The maximum Gasteiger partial charge on any atom is 0.472 e. The molecule has 85 heavy (non-hydrogen) atoms. The van der Waals surface area contributed by atoms with E-state index in [1.807, 2.05) is 27.2 Å². The van der Waals surface area contributed by atoms with Crippen LogP contribution in [0.2, 0.25) is 0 Å². The fraction of sp³-hybridized carbons (Fsp3) is 0.592. The number of nitrogens with zero attached hydrogens (tertiary/aromatic N) is 1. The third-order valence-electron chi connectivity index (χ3n) is 13.8. The Balaban J connectivity index is 4.33. The molecule has 0 heterocycles. The standard InChI is InChI=1S/C76H125N2O6P/c1-6-8-10-12-14-16-18-20-22-24-26-28-30-32-33-34-35-36-37-38-39-40-41-42-43-44-45-46-48-50-52-54-56-58-60-62-64-66-68-70-76(80)77-74(73-84-85(81,82)83-72-71-78(3,4)5)75(79)69-67-65-63-61-59-57-55-53-51-49-47-31-29-27-25-23-21-19-17-15-13-11-9-7-2/h8,10,14,16,20,22,26,28,32-33,35-36,38-39,41-42,44-45,48,50-51,53-54,56,59-62,67,69,74-75,79H,6-7,9,11-13,15,17-19,21,23-25,27,29-31,34,37,40,43,46-47,49,52,55,57-58,63-66,68,70-73H2,1-5H3,(H-,77,80,81,82)/p+1/b10-8-,16-14-,22-20-,28-26-,33-32-,36-35-,39-38-,42-41-,45-44-,50-48-,53-51+,56-54-,61-59+,62-60-,69-67+. The average molecular weight is 1190 g/mol. The highest BCUT2D eigenvalue weighted by Gasteiger charge is 2.27. The monoisotopic (exact) mass is 1190 g/mol. The lowest BCUT2D eigenvalue weighted by Crippen LogP contribution is -2.45. The van der Waals surface area contributed by atoms with Crippen LogP contribution in [0, 0.1) is 0 Å². The summed E-state index contributed by atoms with van der Waals surface area (Å²) in [6.45, 7) is 4.63. The van der Waals surface area contributed by atoms with Gasteiger partial charge in [0.25, 0.3) is 0 Å². The van der Waals surface area contributed by atoms with Gasteiger partial charge in [-0.3, -0.25) is 13.8 Å². The van der Waals surface area contributed by atoms with Crippen molar-refractivity contribution in [2.45, 2.75) is 251 Å². The minimum Gasteiger partial charge on any atom is -0.387 e. The molecule has 0 fully saturated rings. The second-order valence-electron chi connectivity index (χ2n) is 23.1. The van der Waals surface area contributed by atoms with Crippen LogP contribution in [0.3, 0.4) is 0 Å². The molecule has 0 radical (unpaired) electrons. The van der Waals surface area contributed by atoms with Gasteiger partial charge in [-0.25, -0.2) is 4.57 Å². The number of nitrogens with one attached hydrogen (secondary N) is 1. The second kappa shape index (κ2) is 64.1. The molecule has 0 aromatic carbocycles. The highest BCUT2D eigenvalue weighted by Crippen LogP contribution is 2.43. The molecule has 0 aromatic heterocycles. The van der Waals surface area contributed by atoms with Gasteiger partial charge >= 0.3 is 7.82 Å². The summed E-state index contributed by atoms with van der Waals surface area (Å²) in [6.07, 6.45) is 103. The van der Waals surface area contributed by atoms with Gasteiger partial charge in [0, 0.05) is 6.42 Å². The number of phosphoric ester groups is 1. The first kappa shape index (κ1) is 80.6. The van der Waals surface area contributed by atoms with Gasteiger partial charge in [-0.2, -0.15) is 0 Å². The van der Waals surface area contributed by atoms with Crippen LogP contribution in [0.1, 0.15) is 239 Å². The van der Waals surface area contributed by atoms with Crippen molar-refractivity contribution in [1.82, 2.24) is 5.32 Å². The summed E-state index contributed by atoms with van der Waals surface area (Å²) < 4.78 is 23.7. The average Bonchev–Trinajstić information content (AvgIpc) is 3.49. The molecule has 3 unspecified atom stereocenters. The molecule has 0 bridgehead atoms. The Labute approximate surface area is 523 Å². The molecule has 0 aliphatic heterocycles. The number of quaternary nitrogens is 1. The van der Waals surface area contributed by atoms with Crippen LogP contribution in [-0.4, -0.2) is 73.4 Å². The molecule has 8 nitrogen and oxygen atoms in total. The largest absolute Gasteiger partial charge is 0.472 e. The molecule has 0 rings (SSSR count). The van der Waals surface area contributed by atoms with Crippen molar-refractivity contribution in [2.24, 2.45) is 0 Å². The molecular weight excluding hydrogens is 1070 g/mol. The second-order valence-corrected chi connectivity index (χ2v) is 24.5. The van der Waals surface area contributed by atoms with E-state index in [2.05, 4.69) is 189 Å². The molecule has 480 valence electrons. The molecular formula is C76H126N2O6P+. The van der Waals surface area contributed by atoms with Gasteiger partial charge in [-0.1, -0.05) is 280 Å². The molecule has 0 spiro atoms. The van der Waals surface area contributed by atoms with E-state index in [0.717, 1.165) is 116 Å². The number of carbonyl (C=O) groups is 1. The SMILES string of the molecule is CC/C=C\C/C=C\C/C=C\C/C=C\C/C=C\C/C=C\C/C=C\C/C=C\C/C=C\C/C=C\C/C=C\C/C=C\CCCCC(=O)NC(COP(=O)(O)OCC[N+](C)(C)C)C(O)/C=C/CC/C=C/CC/C=C/CCCCCCCCCCCCCCCC. The van der Waals surface area contributed by atoms with Gasteiger partial charge in [0.15, 0.2) is 0 Å². The molecule has 0 aliphatic rings. The summed E-state index contributed by atoms with van der Waals surface area (Å²) in [4.78, 5) is 23.4. The first-order valence-corrected chi connectivity index (χ1v) is 35.2. The van der Waals surface area contributed by atoms with Crippen LogP contribution in [0.4, 0.5) is 0 Å². The smallest absolute Gasteiger partial charge is 0.387 e. The van der Waals surface area contributed by atoms with Crippen molar-refractivity contribution in [3.63, 3.8) is 0 Å². The lowest BCUT2D eigenvalue weighted by Gasteiger charge is -2.25. The van der Waals surface area contributed by atoms with Crippen LogP contribution in [0.25, 0.3) is 0 Å². The maximum absolute atomic E-state index is 13.0. The van der Waals surface area contributed by atoms with E-state index in [9.17, 15) is 19.4 Å². The van der Waals surface area contributed by atoms with E-state index in [1.165, 1.54) is 96.3 Å². The van der Waals surface area contributed by atoms with Crippen LogP contribution < -0.4 is 5.32 Å². The van der Waals surface area contributed by atoms with Gasteiger partial charge < -0.3 is 19.8 Å². The number of likely N-dealkylation sites (N-methyl/N-ethyl adjacent to an activating group) is 1. The molecule has 0 aromatic rings. The van der Waals surface area contributed by atoms with Crippen molar-refractivity contribution in [2.75, 3.05) is 40.9 Å². The normalized spacial score (nSPS) is 14.9. The van der Waals surface area contributed by atoms with Crippen molar-refractivity contribution < 1.29 is 32.9 Å². The highest BCUT2D eigenvalue weighted by molar-refractivity contribution is 7.47. The lowest BCUT2D eigenvalue weighted by atomic mass is 10.0. The lowest BCUT2D eigenvalue weighted by molar-refractivity contribution is -0.870. The van der Waals surface area contributed by atoms with Crippen molar-refractivity contribution in [3.8, 4) is 0 Å². The van der Waals surface area contributed by atoms with Crippen molar-refractivity contribution in [3.05, 3.63) is 182 Å². The predicted octanol–water partition coefficient (Wildman–Crippen LogP) is 21.7. The topological polar surface area (TPSA) is 105 Å². The first-order chi connectivity index (χ1) is 41.5. The summed E-state index contributed by atoms with van der Waals surface area (Å²) >= 11 is 0. The number of hydrogen-bond donors (Lipinski definition) is 3. The van der Waals surface area contributed by atoms with Gasteiger partial charge in [-0.05, 0) is 135 Å². The first-order valence-electron chi connectivity index (χ1n) is 33.7. The van der Waals surface area contributed by atoms with E-state index in [0.29, 0.717) is 17.4 Å². The Kier molecular flexibility index (Phi) is 60.8. The van der Waals surface area contributed by atoms with E-state index >= 15 is 0 Å². The van der Waals surface area contributed by atoms with E-state index in [-0.39, 0.29) is 25.5 Å².